The molecule has 0 aliphatic carbocycles. The van der Waals surface area contributed by atoms with Crippen LogP contribution in [0.4, 0.5) is 0 Å². The van der Waals surface area contributed by atoms with Crippen LogP contribution >= 0.6 is 0 Å². The summed E-state index contributed by atoms with van der Waals surface area (Å²) < 4.78 is 0. The Bertz CT molecular complexity index is 414. The molecule has 1 aromatic carbocycles. The normalized spacial score (nSPS) is 19.8. The maximum Gasteiger partial charge on any atom is 0.253 e. The molecule has 98 valence electrons. The fourth-order valence-corrected chi connectivity index (χ4v) is 2.71. The lowest BCUT2D eigenvalue weighted by atomic mass is 9.98. The lowest BCUT2D eigenvalue weighted by molar-refractivity contribution is 0.0210. The monoisotopic (exact) mass is 246 g/mol. The van der Waals surface area contributed by atoms with Gasteiger partial charge in [0, 0.05) is 30.7 Å². The average molecular weight is 246 g/mol. The van der Waals surface area contributed by atoms with Crippen LogP contribution < -0.4 is 0 Å². The number of carbonyl (C=O) groups excluding carboxylic acids is 1. The zero-order chi connectivity index (χ0) is 13.2. The maximum atomic E-state index is 12.4. The van der Waals surface area contributed by atoms with Crippen molar-refractivity contribution in [1.82, 2.24) is 9.80 Å². The molecule has 1 saturated heterocycles. The first-order valence-corrected chi connectivity index (χ1v) is 6.64. The number of amides is 1. The van der Waals surface area contributed by atoms with E-state index < -0.39 is 0 Å². The van der Waals surface area contributed by atoms with E-state index >= 15 is 0 Å². The fraction of sp³-hybridized carbons (Fsp3) is 0.533. The number of piperazine rings is 1. The maximum absolute atomic E-state index is 12.4. The lowest BCUT2D eigenvalue weighted by Gasteiger charge is -2.46. The molecule has 3 nitrogen and oxygen atoms in total. The molecule has 1 aliphatic heterocycles. The van der Waals surface area contributed by atoms with E-state index in [0.29, 0.717) is 0 Å². The highest BCUT2D eigenvalue weighted by Gasteiger charge is 2.34. The predicted octanol–water partition coefficient (Wildman–Crippen LogP) is 2.24. The van der Waals surface area contributed by atoms with Gasteiger partial charge in [0.05, 0.1) is 0 Å². The molecule has 0 unspecified atom stereocenters. The van der Waals surface area contributed by atoms with Gasteiger partial charge in [0.25, 0.3) is 5.91 Å². The summed E-state index contributed by atoms with van der Waals surface area (Å²) in [7, 11) is 0. The molecule has 1 fully saturated rings. The van der Waals surface area contributed by atoms with E-state index in [4.69, 9.17) is 0 Å². The second-order valence-electron chi connectivity index (χ2n) is 5.48. The third kappa shape index (κ3) is 2.56. The highest BCUT2D eigenvalue weighted by Crippen LogP contribution is 2.21. The molecule has 1 aliphatic rings. The van der Waals surface area contributed by atoms with Crippen molar-refractivity contribution in [2.24, 2.45) is 0 Å². The fourth-order valence-electron chi connectivity index (χ4n) is 2.71. The molecule has 1 aromatic rings. The van der Waals surface area contributed by atoms with Crippen molar-refractivity contribution in [1.29, 1.82) is 0 Å². The van der Waals surface area contributed by atoms with Crippen LogP contribution in [0, 0.1) is 0 Å². The minimum absolute atomic E-state index is 0.0669. The first-order valence-electron chi connectivity index (χ1n) is 6.64. The zero-order valence-corrected chi connectivity index (χ0v) is 11.5. The molecular weight excluding hydrogens is 224 g/mol. The molecule has 0 N–H and O–H groups in total. The number of carbonyl (C=O) groups is 1. The van der Waals surface area contributed by atoms with Crippen molar-refractivity contribution in [2.45, 2.75) is 26.3 Å². The number of hydrogen-bond donors (Lipinski definition) is 0. The van der Waals surface area contributed by atoms with Crippen LogP contribution in [0.3, 0.4) is 0 Å². The van der Waals surface area contributed by atoms with Crippen molar-refractivity contribution >= 4 is 5.91 Å². The minimum atomic E-state index is 0.0669. The Labute approximate surface area is 109 Å². The van der Waals surface area contributed by atoms with Gasteiger partial charge in [0.2, 0.25) is 0 Å². The van der Waals surface area contributed by atoms with Gasteiger partial charge in [-0.05, 0) is 32.5 Å². The van der Waals surface area contributed by atoms with Gasteiger partial charge in [-0.3, -0.25) is 9.69 Å². The molecule has 0 spiro atoms. The van der Waals surface area contributed by atoms with E-state index in [1.165, 1.54) is 0 Å². The van der Waals surface area contributed by atoms with Crippen LogP contribution in [0.2, 0.25) is 0 Å². The Morgan fingerprint density at radius 3 is 2.44 bits per heavy atom. The molecule has 0 saturated carbocycles. The van der Waals surface area contributed by atoms with Gasteiger partial charge < -0.3 is 4.90 Å². The Hall–Kier alpha value is -1.35. The van der Waals surface area contributed by atoms with Crippen LogP contribution in [0.25, 0.3) is 0 Å². The van der Waals surface area contributed by atoms with Crippen LogP contribution in [-0.4, -0.2) is 47.4 Å². The molecule has 0 aromatic heterocycles. The Kier molecular flexibility index (Phi) is 3.71. The minimum Gasteiger partial charge on any atom is -0.336 e. The number of benzene rings is 1. The summed E-state index contributed by atoms with van der Waals surface area (Å²) in [6.45, 7) is 10.2. The number of nitrogens with zero attached hydrogens (tertiary/aromatic N) is 2. The Morgan fingerprint density at radius 2 is 1.89 bits per heavy atom. The number of hydrogen-bond acceptors (Lipinski definition) is 2. The van der Waals surface area contributed by atoms with Crippen LogP contribution in [-0.2, 0) is 0 Å². The smallest absolute Gasteiger partial charge is 0.253 e. The molecule has 1 heterocycles. The van der Waals surface area contributed by atoms with Gasteiger partial charge in [-0.25, -0.2) is 0 Å². The van der Waals surface area contributed by atoms with E-state index in [1.807, 2.05) is 35.2 Å². The molecule has 3 heteroatoms. The van der Waals surface area contributed by atoms with E-state index in [9.17, 15) is 4.79 Å². The lowest BCUT2D eigenvalue weighted by Crippen LogP contribution is -2.60. The summed E-state index contributed by atoms with van der Waals surface area (Å²) in [4.78, 5) is 16.8. The van der Waals surface area contributed by atoms with Gasteiger partial charge in [-0.2, -0.15) is 0 Å². The molecule has 2 rings (SSSR count). The number of likely N-dealkylation sites (N-methyl/N-ethyl adjacent to an activating group) is 1. The van der Waals surface area contributed by atoms with Gasteiger partial charge in [0.1, 0.15) is 0 Å². The first kappa shape index (κ1) is 13.1. The van der Waals surface area contributed by atoms with E-state index in [2.05, 4.69) is 25.7 Å². The van der Waals surface area contributed by atoms with Crippen LogP contribution in [0.5, 0.6) is 0 Å². The molecular formula is C15H22N2O. The van der Waals surface area contributed by atoms with Crippen molar-refractivity contribution in [2.75, 3.05) is 26.2 Å². The SMILES string of the molecule is CCN1CCN(C(=O)c2ccccc2)CC1(C)C. The highest BCUT2D eigenvalue weighted by molar-refractivity contribution is 5.94. The van der Waals surface area contributed by atoms with Crippen molar-refractivity contribution < 1.29 is 4.79 Å². The third-order valence-electron chi connectivity index (χ3n) is 3.76. The first-order chi connectivity index (χ1) is 8.54. The number of rotatable bonds is 2. The summed E-state index contributed by atoms with van der Waals surface area (Å²) >= 11 is 0. The van der Waals surface area contributed by atoms with Gasteiger partial charge in [0.15, 0.2) is 0 Å². The van der Waals surface area contributed by atoms with Crippen LogP contribution in [0.15, 0.2) is 30.3 Å². The standard InChI is InChI=1S/C15H22N2O/c1-4-17-11-10-16(12-15(17,2)3)14(18)13-8-6-5-7-9-13/h5-9H,4,10-12H2,1-3H3. The summed E-state index contributed by atoms with van der Waals surface area (Å²) in [5.41, 5.74) is 0.857. The Balaban J connectivity index is 2.10. The van der Waals surface area contributed by atoms with Gasteiger partial charge in [-0.1, -0.05) is 25.1 Å². The molecule has 0 atom stereocenters. The Morgan fingerprint density at radius 1 is 1.22 bits per heavy atom. The molecule has 0 bridgehead atoms. The summed E-state index contributed by atoms with van der Waals surface area (Å²) in [5, 5.41) is 0. The average Bonchev–Trinajstić information content (AvgIpc) is 2.37. The second kappa shape index (κ2) is 5.11. The highest BCUT2D eigenvalue weighted by atomic mass is 16.2. The largest absolute Gasteiger partial charge is 0.336 e. The van der Waals surface area contributed by atoms with E-state index in [-0.39, 0.29) is 11.4 Å². The van der Waals surface area contributed by atoms with Gasteiger partial charge in [-0.15, -0.1) is 0 Å². The van der Waals surface area contributed by atoms with E-state index in [0.717, 1.165) is 31.7 Å². The third-order valence-corrected chi connectivity index (χ3v) is 3.76. The molecule has 1 amide bonds. The summed E-state index contributed by atoms with van der Waals surface area (Å²) in [6, 6.07) is 9.56. The zero-order valence-electron chi connectivity index (χ0n) is 11.5. The predicted molar refractivity (Wildman–Crippen MR) is 73.7 cm³/mol. The van der Waals surface area contributed by atoms with Crippen LogP contribution in [0.1, 0.15) is 31.1 Å². The summed E-state index contributed by atoms with van der Waals surface area (Å²) in [6.07, 6.45) is 0. The van der Waals surface area contributed by atoms with Crippen molar-refractivity contribution in [3.8, 4) is 0 Å². The topological polar surface area (TPSA) is 23.6 Å². The van der Waals surface area contributed by atoms with Gasteiger partial charge >= 0.3 is 0 Å². The molecule has 18 heavy (non-hydrogen) atoms. The van der Waals surface area contributed by atoms with Crippen molar-refractivity contribution in [3.05, 3.63) is 35.9 Å². The molecule has 0 radical (unpaired) electrons. The van der Waals surface area contributed by atoms with Crippen molar-refractivity contribution in [3.63, 3.8) is 0 Å². The second-order valence-corrected chi connectivity index (χ2v) is 5.48. The van der Waals surface area contributed by atoms with E-state index in [1.54, 1.807) is 0 Å². The summed E-state index contributed by atoms with van der Waals surface area (Å²) in [5.74, 6) is 0.152. The quantitative estimate of drug-likeness (QED) is 0.799.